The molecule has 1 aromatic carbocycles. The van der Waals surface area contributed by atoms with Gasteiger partial charge in [-0.05, 0) is 37.5 Å². The molecule has 1 saturated carbocycles. The summed E-state index contributed by atoms with van der Waals surface area (Å²) < 4.78 is 10.7. The van der Waals surface area contributed by atoms with E-state index in [1.165, 1.54) is 13.5 Å². The summed E-state index contributed by atoms with van der Waals surface area (Å²) in [5.41, 5.74) is 1.83. The highest BCUT2D eigenvalue weighted by Crippen LogP contribution is 2.30. The Morgan fingerprint density at radius 1 is 1.22 bits per heavy atom. The molecule has 0 spiro atoms. The van der Waals surface area contributed by atoms with E-state index in [1.54, 1.807) is 4.90 Å². The topological polar surface area (TPSA) is 101 Å². The Labute approximate surface area is 187 Å². The van der Waals surface area contributed by atoms with Gasteiger partial charge in [0.05, 0.1) is 19.4 Å². The molecule has 2 fully saturated rings. The van der Waals surface area contributed by atoms with Crippen molar-refractivity contribution in [3.63, 3.8) is 0 Å². The van der Waals surface area contributed by atoms with Gasteiger partial charge in [0, 0.05) is 24.6 Å². The Balaban J connectivity index is 1.28. The van der Waals surface area contributed by atoms with Crippen LogP contribution < -0.4 is 10.1 Å². The van der Waals surface area contributed by atoms with Gasteiger partial charge in [-0.1, -0.05) is 19.3 Å². The molecule has 1 aliphatic carbocycles. The minimum atomic E-state index is -0.380. The molecule has 1 aromatic rings. The number of nitrogens with zero attached hydrogens (tertiary/aromatic N) is 3. The summed E-state index contributed by atoms with van der Waals surface area (Å²) in [5, 5.41) is 2.75. The molecule has 9 nitrogen and oxygen atoms in total. The molecule has 32 heavy (non-hydrogen) atoms. The SMILES string of the molecule is COC(=O)CN(C(=O)CCCOc1ccc2c(c1)CN1CC(=O)NC1=N2)C1CCCCC1. The van der Waals surface area contributed by atoms with E-state index in [4.69, 9.17) is 9.47 Å². The van der Waals surface area contributed by atoms with Crippen LogP contribution in [0.2, 0.25) is 0 Å². The highest BCUT2D eigenvalue weighted by atomic mass is 16.5. The number of aliphatic imine (C=N–C) groups is 1. The lowest BCUT2D eigenvalue weighted by molar-refractivity contribution is -0.149. The van der Waals surface area contributed by atoms with E-state index in [0.29, 0.717) is 44.2 Å². The van der Waals surface area contributed by atoms with Crippen LogP contribution in [-0.4, -0.2) is 66.4 Å². The molecule has 2 aliphatic heterocycles. The number of carbonyl (C=O) groups is 3. The van der Waals surface area contributed by atoms with Gasteiger partial charge in [-0.3, -0.25) is 19.7 Å². The third kappa shape index (κ3) is 5.20. The van der Waals surface area contributed by atoms with Crippen LogP contribution in [0.4, 0.5) is 5.69 Å². The number of benzene rings is 1. The molecule has 172 valence electrons. The zero-order valence-corrected chi connectivity index (χ0v) is 18.5. The van der Waals surface area contributed by atoms with Crippen LogP contribution in [0.3, 0.4) is 0 Å². The predicted octanol–water partition coefficient (Wildman–Crippen LogP) is 2.11. The van der Waals surface area contributed by atoms with Crippen LogP contribution in [0.1, 0.15) is 50.5 Å². The Morgan fingerprint density at radius 3 is 2.81 bits per heavy atom. The minimum absolute atomic E-state index is 0.0159. The van der Waals surface area contributed by atoms with E-state index >= 15 is 0 Å². The first-order chi connectivity index (χ1) is 15.5. The lowest BCUT2D eigenvalue weighted by Crippen LogP contribution is -2.44. The number of fused-ring (bicyclic) bond motifs is 2. The fourth-order valence-corrected chi connectivity index (χ4v) is 4.50. The van der Waals surface area contributed by atoms with Crippen molar-refractivity contribution < 1.29 is 23.9 Å². The zero-order valence-electron chi connectivity index (χ0n) is 18.5. The number of rotatable bonds is 8. The third-order valence-electron chi connectivity index (χ3n) is 6.19. The summed E-state index contributed by atoms with van der Waals surface area (Å²) in [5.74, 6) is 0.864. The summed E-state index contributed by atoms with van der Waals surface area (Å²) in [6, 6.07) is 5.79. The van der Waals surface area contributed by atoms with E-state index < -0.39 is 0 Å². The average Bonchev–Trinajstić information content (AvgIpc) is 3.17. The first-order valence-electron chi connectivity index (χ1n) is 11.3. The van der Waals surface area contributed by atoms with Crippen molar-refractivity contribution in [2.75, 3.05) is 26.8 Å². The number of esters is 1. The van der Waals surface area contributed by atoms with Crippen molar-refractivity contribution >= 4 is 29.4 Å². The summed E-state index contributed by atoms with van der Waals surface area (Å²) >= 11 is 0. The molecule has 1 saturated heterocycles. The van der Waals surface area contributed by atoms with Crippen LogP contribution in [0.15, 0.2) is 23.2 Å². The lowest BCUT2D eigenvalue weighted by atomic mass is 9.94. The van der Waals surface area contributed by atoms with Gasteiger partial charge in [-0.15, -0.1) is 0 Å². The average molecular weight is 443 g/mol. The molecule has 2 heterocycles. The summed E-state index contributed by atoms with van der Waals surface area (Å²) in [6.45, 7) is 1.34. The molecule has 0 bridgehead atoms. The number of ether oxygens (including phenoxy) is 2. The molecule has 0 atom stereocenters. The molecule has 9 heteroatoms. The second kappa shape index (κ2) is 10.0. The van der Waals surface area contributed by atoms with Crippen molar-refractivity contribution in [3.8, 4) is 5.75 Å². The van der Waals surface area contributed by atoms with Gasteiger partial charge in [-0.25, -0.2) is 4.99 Å². The van der Waals surface area contributed by atoms with E-state index in [1.807, 2.05) is 23.1 Å². The predicted molar refractivity (Wildman–Crippen MR) is 117 cm³/mol. The van der Waals surface area contributed by atoms with Crippen LogP contribution >= 0.6 is 0 Å². The Kier molecular flexibility index (Phi) is 6.92. The monoisotopic (exact) mass is 442 g/mol. The molecule has 3 aliphatic rings. The number of nitrogens with one attached hydrogen (secondary N) is 1. The lowest BCUT2D eigenvalue weighted by Gasteiger charge is -2.33. The van der Waals surface area contributed by atoms with Gasteiger partial charge in [0.2, 0.25) is 17.8 Å². The van der Waals surface area contributed by atoms with E-state index in [-0.39, 0.29) is 30.4 Å². The molecule has 0 aromatic heterocycles. The van der Waals surface area contributed by atoms with E-state index in [9.17, 15) is 14.4 Å². The number of guanidine groups is 1. The maximum Gasteiger partial charge on any atom is 0.325 e. The molecule has 1 N–H and O–H groups in total. The molecule has 4 rings (SSSR count). The first-order valence-corrected chi connectivity index (χ1v) is 11.3. The molecule has 2 amide bonds. The largest absolute Gasteiger partial charge is 0.494 e. The highest BCUT2D eigenvalue weighted by molar-refractivity contribution is 6.05. The minimum Gasteiger partial charge on any atom is -0.494 e. The maximum atomic E-state index is 12.8. The Morgan fingerprint density at radius 2 is 2.03 bits per heavy atom. The smallest absolute Gasteiger partial charge is 0.325 e. The molecule has 0 radical (unpaired) electrons. The fraction of sp³-hybridized carbons (Fsp3) is 0.565. The maximum absolute atomic E-state index is 12.8. The Bertz CT molecular complexity index is 910. The summed E-state index contributed by atoms with van der Waals surface area (Å²) in [4.78, 5) is 44.3. The highest BCUT2D eigenvalue weighted by Gasteiger charge is 2.29. The fourth-order valence-electron chi connectivity index (χ4n) is 4.50. The van der Waals surface area contributed by atoms with E-state index in [0.717, 1.165) is 36.9 Å². The van der Waals surface area contributed by atoms with Gasteiger partial charge in [0.15, 0.2) is 0 Å². The second-order valence-electron chi connectivity index (χ2n) is 8.47. The van der Waals surface area contributed by atoms with Crippen LogP contribution in [-0.2, 0) is 25.7 Å². The van der Waals surface area contributed by atoms with Gasteiger partial charge in [0.25, 0.3) is 0 Å². The van der Waals surface area contributed by atoms with Crippen molar-refractivity contribution in [1.82, 2.24) is 15.1 Å². The quantitative estimate of drug-likeness (QED) is 0.489. The van der Waals surface area contributed by atoms with Crippen LogP contribution in [0, 0.1) is 0 Å². The van der Waals surface area contributed by atoms with Crippen molar-refractivity contribution in [3.05, 3.63) is 23.8 Å². The summed E-state index contributed by atoms with van der Waals surface area (Å²) in [6.07, 6.45) is 6.13. The first kappa shape index (κ1) is 22.1. The van der Waals surface area contributed by atoms with Gasteiger partial charge >= 0.3 is 5.97 Å². The van der Waals surface area contributed by atoms with Gasteiger partial charge < -0.3 is 19.3 Å². The van der Waals surface area contributed by atoms with Crippen LogP contribution in [0.5, 0.6) is 5.75 Å². The van der Waals surface area contributed by atoms with Crippen molar-refractivity contribution in [1.29, 1.82) is 0 Å². The van der Waals surface area contributed by atoms with Gasteiger partial charge in [-0.2, -0.15) is 0 Å². The number of hydrogen-bond acceptors (Lipinski definition) is 7. The van der Waals surface area contributed by atoms with Crippen molar-refractivity contribution in [2.24, 2.45) is 4.99 Å². The second-order valence-corrected chi connectivity index (χ2v) is 8.47. The van der Waals surface area contributed by atoms with E-state index in [2.05, 4.69) is 10.3 Å². The summed E-state index contributed by atoms with van der Waals surface area (Å²) in [7, 11) is 1.35. The Hall–Kier alpha value is -3.10. The zero-order chi connectivity index (χ0) is 22.5. The normalized spacial score (nSPS) is 17.7. The van der Waals surface area contributed by atoms with Gasteiger partial charge in [0.1, 0.15) is 18.8 Å². The molecular formula is C23H30N4O5. The standard InChI is InChI=1S/C23H30N4O5/c1-31-22(30)15-27(17-6-3-2-4-7-17)21(29)8-5-11-32-18-9-10-19-16(12-18)13-26-14-20(28)25-23(26)24-19/h9-10,12,17H,2-8,11,13-15H2,1H3,(H,24,25,28). The molecular weight excluding hydrogens is 412 g/mol. The third-order valence-corrected chi connectivity index (χ3v) is 6.19. The number of hydrogen-bond donors (Lipinski definition) is 1. The van der Waals surface area contributed by atoms with Crippen molar-refractivity contribution in [2.45, 2.75) is 57.5 Å². The van der Waals surface area contributed by atoms with Crippen LogP contribution in [0.25, 0.3) is 0 Å². The number of methoxy groups -OCH3 is 1. The number of carbonyl (C=O) groups excluding carboxylic acids is 3. The number of amides is 2. The molecule has 0 unspecified atom stereocenters.